The Morgan fingerprint density at radius 1 is 1.30 bits per heavy atom. The Morgan fingerprint density at radius 2 is 1.90 bits per heavy atom. The van der Waals surface area contributed by atoms with E-state index in [2.05, 4.69) is 9.82 Å². The number of aryl methyl sites for hydroxylation is 1. The predicted octanol–water partition coefficient (Wildman–Crippen LogP) is 1.88. The number of nitrogen functional groups attached to an aromatic ring is 1. The third-order valence-electron chi connectivity index (χ3n) is 3.80. The molecule has 3 N–H and O–H groups in total. The summed E-state index contributed by atoms with van der Waals surface area (Å²) in [5, 5.41) is 4.00. The molecule has 0 aliphatic heterocycles. The number of sulfonamides is 1. The van der Waals surface area contributed by atoms with E-state index < -0.39 is 10.0 Å². The van der Waals surface area contributed by atoms with Gasteiger partial charge in [0.2, 0.25) is 10.0 Å². The molecule has 114 valence electrons. The van der Waals surface area contributed by atoms with Crippen molar-refractivity contribution in [1.29, 1.82) is 0 Å². The second-order valence-corrected chi connectivity index (χ2v) is 7.08. The number of aromatic nitrogens is 2. The summed E-state index contributed by atoms with van der Waals surface area (Å²) in [6.45, 7) is 2.49. The van der Waals surface area contributed by atoms with Gasteiger partial charge in [-0.05, 0) is 19.8 Å². The summed E-state index contributed by atoms with van der Waals surface area (Å²) in [6.07, 6.45) is 9.11. The van der Waals surface area contributed by atoms with Crippen LogP contribution in [0.15, 0.2) is 11.1 Å². The van der Waals surface area contributed by atoms with Crippen LogP contribution in [0.1, 0.15) is 51.9 Å². The fourth-order valence-electron chi connectivity index (χ4n) is 2.64. The lowest BCUT2D eigenvalue weighted by Gasteiger charge is -2.20. The number of rotatable bonds is 4. The van der Waals surface area contributed by atoms with Crippen molar-refractivity contribution in [3.63, 3.8) is 0 Å². The van der Waals surface area contributed by atoms with Crippen LogP contribution < -0.4 is 10.5 Å². The van der Waals surface area contributed by atoms with Gasteiger partial charge in [0, 0.05) is 18.8 Å². The SMILES string of the molecule is CCn1cc(S(=O)(=O)NC2CCCCCCC2)c(N)n1. The van der Waals surface area contributed by atoms with E-state index in [4.69, 9.17) is 5.73 Å². The van der Waals surface area contributed by atoms with Gasteiger partial charge >= 0.3 is 0 Å². The number of nitrogens with two attached hydrogens (primary N) is 1. The van der Waals surface area contributed by atoms with Crippen molar-refractivity contribution in [2.45, 2.75) is 69.4 Å². The number of hydrogen-bond acceptors (Lipinski definition) is 4. The Labute approximate surface area is 120 Å². The van der Waals surface area contributed by atoms with Crippen molar-refractivity contribution in [2.24, 2.45) is 0 Å². The second kappa shape index (κ2) is 6.58. The smallest absolute Gasteiger partial charge is 0.246 e. The lowest BCUT2D eigenvalue weighted by atomic mass is 9.97. The van der Waals surface area contributed by atoms with Gasteiger partial charge in [-0.1, -0.05) is 32.1 Å². The zero-order valence-electron chi connectivity index (χ0n) is 12.0. The molecule has 0 spiro atoms. The minimum atomic E-state index is -3.57. The summed E-state index contributed by atoms with van der Waals surface area (Å²) < 4.78 is 29.1. The molecule has 1 fully saturated rings. The van der Waals surface area contributed by atoms with E-state index in [1.54, 1.807) is 4.68 Å². The Kier molecular flexibility index (Phi) is 5.04. The highest BCUT2D eigenvalue weighted by Crippen LogP contribution is 2.21. The fourth-order valence-corrected chi connectivity index (χ4v) is 4.02. The van der Waals surface area contributed by atoms with E-state index in [0.29, 0.717) is 6.54 Å². The maximum atomic E-state index is 12.4. The Bertz CT molecular complexity index is 531. The molecule has 20 heavy (non-hydrogen) atoms. The van der Waals surface area contributed by atoms with Gasteiger partial charge in [0.25, 0.3) is 0 Å². The molecule has 7 heteroatoms. The van der Waals surface area contributed by atoms with Crippen LogP contribution in [0.5, 0.6) is 0 Å². The quantitative estimate of drug-likeness (QED) is 0.888. The van der Waals surface area contributed by atoms with Crippen molar-refractivity contribution in [2.75, 3.05) is 5.73 Å². The van der Waals surface area contributed by atoms with Gasteiger partial charge in [-0.15, -0.1) is 0 Å². The molecule has 0 amide bonds. The maximum Gasteiger partial charge on any atom is 0.246 e. The van der Waals surface area contributed by atoms with Gasteiger partial charge in [-0.3, -0.25) is 4.68 Å². The van der Waals surface area contributed by atoms with E-state index in [9.17, 15) is 8.42 Å². The first kappa shape index (κ1) is 15.3. The molecule has 0 radical (unpaired) electrons. The molecular weight excluding hydrogens is 276 g/mol. The molecule has 0 saturated heterocycles. The van der Waals surface area contributed by atoms with Crippen molar-refractivity contribution in [1.82, 2.24) is 14.5 Å². The Hall–Kier alpha value is -1.08. The maximum absolute atomic E-state index is 12.4. The summed E-state index contributed by atoms with van der Waals surface area (Å²) >= 11 is 0. The fraction of sp³-hybridized carbons (Fsp3) is 0.769. The molecule has 0 aromatic carbocycles. The van der Waals surface area contributed by atoms with E-state index in [1.807, 2.05) is 6.92 Å². The largest absolute Gasteiger partial charge is 0.381 e. The molecule has 0 bridgehead atoms. The normalized spacial score (nSPS) is 18.6. The summed E-state index contributed by atoms with van der Waals surface area (Å²) in [5.41, 5.74) is 5.71. The molecule has 1 aromatic rings. The summed E-state index contributed by atoms with van der Waals surface area (Å²) in [5.74, 6) is 0.0743. The van der Waals surface area contributed by atoms with E-state index in [0.717, 1.165) is 25.7 Å². The summed E-state index contributed by atoms with van der Waals surface area (Å²) in [6, 6.07) is 0.0182. The minimum Gasteiger partial charge on any atom is -0.381 e. The van der Waals surface area contributed by atoms with Crippen LogP contribution in [-0.2, 0) is 16.6 Å². The number of anilines is 1. The highest BCUT2D eigenvalue weighted by molar-refractivity contribution is 7.89. The van der Waals surface area contributed by atoms with Crippen LogP contribution in [0, 0.1) is 0 Å². The zero-order chi connectivity index (χ0) is 14.6. The molecule has 0 atom stereocenters. The molecular formula is C13H24N4O2S. The van der Waals surface area contributed by atoms with Gasteiger partial charge < -0.3 is 5.73 Å². The number of nitrogens with zero attached hydrogens (tertiary/aromatic N) is 2. The highest BCUT2D eigenvalue weighted by Gasteiger charge is 2.24. The monoisotopic (exact) mass is 300 g/mol. The summed E-state index contributed by atoms with van der Waals surface area (Å²) in [7, 11) is -3.57. The Balaban J connectivity index is 2.10. The minimum absolute atomic E-state index is 0.0182. The van der Waals surface area contributed by atoms with Crippen LogP contribution in [0.25, 0.3) is 0 Å². The average molecular weight is 300 g/mol. The van der Waals surface area contributed by atoms with Gasteiger partial charge in [0.05, 0.1) is 0 Å². The van der Waals surface area contributed by atoms with E-state index in [1.165, 1.54) is 25.5 Å². The van der Waals surface area contributed by atoms with Crippen molar-refractivity contribution < 1.29 is 8.42 Å². The molecule has 1 saturated carbocycles. The summed E-state index contributed by atoms with van der Waals surface area (Å²) in [4.78, 5) is 0.0985. The third kappa shape index (κ3) is 3.73. The highest BCUT2D eigenvalue weighted by atomic mass is 32.2. The predicted molar refractivity (Wildman–Crippen MR) is 78.7 cm³/mol. The second-order valence-electron chi connectivity index (χ2n) is 5.40. The molecule has 1 heterocycles. The average Bonchev–Trinajstić information content (AvgIpc) is 2.75. The lowest BCUT2D eigenvalue weighted by molar-refractivity contribution is 0.426. The topological polar surface area (TPSA) is 90.0 Å². The molecule has 0 unspecified atom stereocenters. The van der Waals surface area contributed by atoms with E-state index >= 15 is 0 Å². The van der Waals surface area contributed by atoms with Crippen molar-refractivity contribution in [3.8, 4) is 0 Å². The van der Waals surface area contributed by atoms with Crippen LogP contribution in [0.2, 0.25) is 0 Å². The molecule has 2 rings (SSSR count). The Morgan fingerprint density at radius 3 is 2.45 bits per heavy atom. The first-order chi connectivity index (χ1) is 9.53. The lowest BCUT2D eigenvalue weighted by Crippen LogP contribution is -2.35. The number of hydrogen-bond donors (Lipinski definition) is 2. The standard InChI is InChI=1S/C13H24N4O2S/c1-2-17-10-12(13(14)15-17)20(18,19)16-11-8-6-4-3-5-7-9-11/h10-11,16H,2-9H2,1H3,(H2,14,15). The third-order valence-corrected chi connectivity index (χ3v) is 5.33. The number of nitrogens with one attached hydrogen (secondary N) is 1. The first-order valence-corrected chi connectivity index (χ1v) is 8.86. The van der Waals surface area contributed by atoms with Gasteiger partial charge in [-0.2, -0.15) is 5.10 Å². The van der Waals surface area contributed by atoms with E-state index in [-0.39, 0.29) is 16.8 Å². The van der Waals surface area contributed by atoms with Crippen LogP contribution >= 0.6 is 0 Å². The molecule has 1 aliphatic carbocycles. The van der Waals surface area contributed by atoms with Gasteiger partial charge in [0.1, 0.15) is 4.90 Å². The van der Waals surface area contributed by atoms with Gasteiger partial charge in [0.15, 0.2) is 5.82 Å². The van der Waals surface area contributed by atoms with Gasteiger partial charge in [-0.25, -0.2) is 13.1 Å². The van der Waals surface area contributed by atoms with Crippen molar-refractivity contribution in [3.05, 3.63) is 6.20 Å². The molecule has 1 aliphatic rings. The molecule has 6 nitrogen and oxygen atoms in total. The molecule has 1 aromatic heterocycles. The first-order valence-electron chi connectivity index (χ1n) is 7.38. The van der Waals surface area contributed by atoms with Crippen molar-refractivity contribution >= 4 is 15.8 Å². The zero-order valence-corrected chi connectivity index (χ0v) is 12.8. The van der Waals surface area contributed by atoms with Crippen LogP contribution in [-0.4, -0.2) is 24.2 Å². The van der Waals surface area contributed by atoms with Crippen LogP contribution in [0.4, 0.5) is 5.82 Å². The van der Waals surface area contributed by atoms with Crippen LogP contribution in [0.3, 0.4) is 0 Å².